The van der Waals surface area contributed by atoms with E-state index >= 15 is 0 Å². The highest BCUT2D eigenvalue weighted by molar-refractivity contribution is 5.55. The highest BCUT2D eigenvalue weighted by atomic mass is 16.5. The molecule has 0 unspecified atom stereocenters. The molecule has 11 heavy (non-hydrogen) atoms. The van der Waals surface area contributed by atoms with Crippen LogP contribution in [0.25, 0.3) is 6.08 Å². The number of hydrogen-bond acceptors (Lipinski definition) is 2. The second-order valence-electron chi connectivity index (χ2n) is 1.87. The lowest BCUT2D eigenvalue weighted by Gasteiger charge is -2.04. The van der Waals surface area contributed by atoms with Crippen LogP contribution in [0.1, 0.15) is 19.4 Å². The maximum Gasteiger partial charge on any atom is 0.216 e. The van der Waals surface area contributed by atoms with Crippen LogP contribution in [-0.4, -0.2) is 16.8 Å². The summed E-state index contributed by atoms with van der Waals surface area (Å²) in [6.07, 6.45) is 5.69. The molecule has 1 aliphatic rings. The van der Waals surface area contributed by atoms with Crippen LogP contribution in [0, 0.1) is 0 Å². The molecular weight excluding hydrogens is 140 g/mol. The lowest BCUT2D eigenvalue weighted by atomic mass is 10.3. The molecule has 2 rings (SSSR count). The third-order valence-electron chi connectivity index (χ3n) is 1.25. The van der Waals surface area contributed by atoms with Crippen molar-refractivity contribution in [3.63, 3.8) is 0 Å². The minimum atomic E-state index is 0.648. The first-order valence-electron chi connectivity index (χ1n) is 3.79. The summed E-state index contributed by atoms with van der Waals surface area (Å²) in [4.78, 5) is 0. The van der Waals surface area contributed by atoms with Crippen LogP contribution in [0.5, 0.6) is 5.88 Å². The molecule has 3 nitrogen and oxygen atoms in total. The van der Waals surface area contributed by atoms with Crippen molar-refractivity contribution >= 4 is 6.08 Å². The molecule has 1 N–H and O–H groups in total. The number of fused-ring (bicyclic) bond motifs is 1. The van der Waals surface area contributed by atoms with Crippen molar-refractivity contribution in [2.75, 3.05) is 6.61 Å². The quantitative estimate of drug-likeness (QED) is 0.616. The van der Waals surface area contributed by atoms with Gasteiger partial charge in [0, 0.05) is 0 Å². The van der Waals surface area contributed by atoms with E-state index in [4.69, 9.17) is 4.74 Å². The molecule has 0 radical (unpaired) electrons. The summed E-state index contributed by atoms with van der Waals surface area (Å²) >= 11 is 0. The Hall–Kier alpha value is -1.25. The standard InChI is InChI=1S/C6H6N2O.C2H6/c1-2-5-4-7-8-6(5)9-3-1;1-2/h1-2,4H,3H2,(H,7,8);1-2H3. The summed E-state index contributed by atoms with van der Waals surface area (Å²) in [6, 6.07) is 0. The van der Waals surface area contributed by atoms with Gasteiger partial charge in [0.1, 0.15) is 6.61 Å². The monoisotopic (exact) mass is 152 g/mol. The van der Waals surface area contributed by atoms with Crippen molar-refractivity contribution < 1.29 is 4.74 Å². The first kappa shape index (κ1) is 7.85. The van der Waals surface area contributed by atoms with Crippen LogP contribution < -0.4 is 4.74 Å². The zero-order valence-corrected chi connectivity index (χ0v) is 6.79. The fourth-order valence-electron chi connectivity index (χ4n) is 0.824. The van der Waals surface area contributed by atoms with Gasteiger partial charge in [-0.2, -0.15) is 5.10 Å². The summed E-state index contributed by atoms with van der Waals surface area (Å²) in [6.45, 7) is 4.65. The van der Waals surface area contributed by atoms with Gasteiger partial charge in [0.2, 0.25) is 5.88 Å². The van der Waals surface area contributed by atoms with Crippen molar-refractivity contribution in [2.24, 2.45) is 0 Å². The van der Waals surface area contributed by atoms with Gasteiger partial charge in [-0.05, 0) is 12.2 Å². The lowest BCUT2D eigenvalue weighted by Crippen LogP contribution is -1.98. The average Bonchev–Trinajstić information content (AvgIpc) is 2.55. The van der Waals surface area contributed by atoms with Crippen LogP contribution in [0.3, 0.4) is 0 Å². The Bertz CT molecular complexity index is 240. The fourth-order valence-corrected chi connectivity index (χ4v) is 0.824. The Kier molecular flexibility index (Phi) is 2.72. The minimum absolute atomic E-state index is 0.648. The largest absolute Gasteiger partial charge is 0.473 e. The molecule has 0 saturated carbocycles. The van der Waals surface area contributed by atoms with E-state index in [0.717, 1.165) is 11.4 Å². The van der Waals surface area contributed by atoms with E-state index in [9.17, 15) is 0 Å². The number of aromatic amines is 1. The zero-order valence-electron chi connectivity index (χ0n) is 6.79. The number of nitrogens with one attached hydrogen (secondary N) is 1. The van der Waals surface area contributed by atoms with Crippen LogP contribution in [0.15, 0.2) is 12.3 Å². The van der Waals surface area contributed by atoms with Gasteiger partial charge < -0.3 is 4.74 Å². The average molecular weight is 152 g/mol. The second kappa shape index (κ2) is 3.81. The molecule has 1 aliphatic heterocycles. The number of nitrogens with zero attached hydrogens (tertiary/aromatic N) is 1. The van der Waals surface area contributed by atoms with Gasteiger partial charge in [0.15, 0.2) is 0 Å². The van der Waals surface area contributed by atoms with E-state index in [2.05, 4.69) is 10.2 Å². The van der Waals surface area contributed by atoms with Crippen molar-refractivity contribution in [3.8, 4) is 5.88 Å². The maximum absolute atomic E-state index is 5.16. The second-order valence-corrected chi connectivity index (χ2v) is 1.87. The fraction of sp³-hybridized carbons (Fsp3) is 0.375. The van der Waals surface area contributed by atoms with Crippen molar-refractivity contribution in [1.29, 1.82) is 0 Å². The van der Waals surface area contributed by atoms with Gasteiger partial charge in [0.05, 0.1) is 11.8 Å². The Balaban J connectivity index is 0.000000281. The topological polar surface area (TPSA) is 37.9 Å². The van der Waals surface area contributed by atoms with Crippen LogP contribution in [0.2, 0.25) is 0 Å². The first-order chi connectivity index (χ1) is 5.47. The summed E-state index contributed by atoms with van der Waals surface area (Å²) in [5.41, 5.74) is 1.03. The normalized spacial score (nSPS) is 12.5. The highest BCUT2D eigenvalue weighted by Gasteiger charge is 2.04. The predicted octanol–water partition coefficient (Wildman–Crippen LogP) is 1.84. The van der Waals surface area contributed by atoms with Gasteiger partial charge >= 0.3 is 0 Å². The number of hydrogen-bond donors (Lipinski definition) is 1. The van der Waals surface area contributed by atoms with E-state index in [1.807, 2.05) is 26.0 Å². The Morgan fingerprint density at radius 2 is 2.36 bits per heavy atom. The van der Waals surface area contributed by atoms with E-state index in [0.29, 0.717) is 6.61 Å². The molecule has 0 spiro atoms. The summed E-state index contributed by atoms with van der Waals surface area (Å²) in [5.74, 6) is 0.775. The summed E-state index contributed by atoms with van der Waals surface area (Å²) < 4.78 is 5.16. The van der Waals surface area contributed by atoms with E-state index < -0.39 is 0 Å². The number of ether oxygens (including phenoxy) is 1. The third-order valence-corrected chi connectivity index (χ3v) is 1.25. The van der Waals surface area contributed by atoms with Gasteiger partial charge in [-0.25, -0.2) is 5.10 Å². The molecule has 0 aromatic carbocycles. The smallest absolute Gasteiger partial charge is 0.216 e. The molecule has 60 valence electrons. The SMILES string of the molecule is C1=Cc2cn[nH]c2OC1.CC. The lowest BCUT2D eigenvalue weighted by molar-refractivity contribution is 0.344. The number of aromatic nitrogens is 2. The molecule has 0 fully saturated rings. The minimum Gasteiger partial charge on any atom is -0.473 e. The molecule has 3 heteroatoms. The molecule has 0 atom stereocenters. The molecule has 1 aromatic heterocycles. The highest BCUT2D eigenvalue weighted by Crippen LogP contribution is 2.18. The van der Waals surface area contributed by atoms with Crippen LogP contribution in [0.4, 0.5) is 0 Å². The first-order valence-corrected chi connectivity index (χ1v) is 3.79. The van der Waals surface area contributed by atoms with Gasteiger partial charge in [-0.3, -0.25) is 0 Å². The van der Waals surface area contributed by atoms with E-state index in [1.54, 1.807) is 6.20 Å². The van der Waals surface area contributed by atoms with Crippen molar-refractivity contribution in [2.45, 2.75) is 13.8 Å². The Labute approximate surface area is 66.1 Å². The molecular formula is C8H12N2O. The van der Waals surface area contributed by atoms with Gasteiger partial charge in [0.25, 0.3) is 0 Å². The zero-order chi connectivity index (χ0) is 8.10. The van der Waals surface area contributed by atoms with Gasteiger partial charge in [-0.15, -0.1) is 0 Å². The third kappa shape index (κ3) is 1.61. The van der Waals surface area contributed by atoms with Gasteiger partial charge in [-0.1, -0.05) is 13.8 Å². The summed E-state index contributed by atoms with van der Waals surface area (Å²) in [5, 5.41) is 6.54. The van der Waals surface area contributed by atoms with Crippen molar-refractivity contribution in [1.82, 2.24) is 10.2 Å². The Morgan fingerprint density at radius 3 is 3.09 bits per heavy atom. The van der Waals surface area contributed by atoms with Crippen molar-refractivity contribution in [3.05, 3.63) is 17.8 Å². The number of H-pyrrole nitrogens is 1. The van der Waals surface area contributed by atoms with Crippen LogP contribution >= 0.6 is 0 Å². The van der Waals surface area contributed by atoms with E-state index in [1.165, 1.54) is 0 Å². The number of rotatable bonds is 0. The molecule has 0 saturated heterocycles. The molecule has 2 heterocycles. The molecule has 0 aliphatic carbocycles. The maximum atomic E-state index is 5.16. The van der Waals surface area contributed by atoms with Crippen LogP contribution in [-0.2, 0) is 0 Å². The molecule has 1 aromatic rings. The summed E-state index contributed by atoms with van der Waals surface area (Å²) in [7, 11) is 0. The Morgan fingerprint density at radius 1 is 1.55 bits per heavy atom. The molecule has 0 amide bonds. The molecule has 0 bridgehead atoms. The predicted molar refractivity (Wildman–Crippen MR) is 44.5 cm³/mol. The van der Waals surface area contributed by atoms with E-state index in [-0.39, 0.29) is 0 Å².